The quantitative estimate of drug-likeness (QED) is 0.678. The number of rotatable bonds is 2. The van der Waals surface area contributed by atoms with E-state index in [0.717, 1.165) is 10.5 Å². The predicted molar refractivity (Wildman–Crippen MR) is 82.8 cm³/mol. The number of hydrogen-bond donors (Lipinski definition) is 0. The number of nitrogens with zero attached hydrogens (tertiary/aromatic N) is 5. The Morgan fingerprint density at radius 3 is 2.48 bits per heavy atom. The number of carbonyl (C=O) groups is 2. The van der Waals surface area contributed by atoms with Gasteiger partial charge in [0.2, 0.25) is 5.95 Å². The molecule has 2 aromatic heterocycles. The molecule has 1 saturated heterocycles. The second kappa shape index (κ2) is 4.91. The molecule has 7 nitrogen and oxygen atoms in total. The Hall–Kier alpha value is -3.22. The van der Waals surface area contributed by atoms with E-state index in [9.17, 15) is 9.59 Å². The van der Waals surface area contributed by atoms with Crippen LogP contribution in [-0.2, 0) is 4.79 Å². The second-order valence-corrected chi connectivity index (χ2v) is 5.31. The van der Waals surface area contributed by atoms with E-state index in [1.807, 2.05) is 36.4 Å². The minimum absolute atomic E-state index is 0.209. The van der Waals surface area contributed by atoms with Gasteiger partial charge in [0.15, 0.2) is 5.65 Å². The number of urea groups is 1. The first-order valence-corrected chi connectivity index (χ1v) is 7.14. The van der Waals surface area contributed by atoms with E-state index in [0.29, 0.717) is 5.65 Å². The summed E-state index contributed by atoms with van der Waals surface area (Å²) in [6, 6.07) is 13.5. The van der Waals surface area contributed by atoms with Crippen LogP contribution in [0, 0.1) is 0 Å². The van der Waals surface area contributed by atoms with Gasteiger partial charge in [-0.2, -0.15) is 4.90 Å². The standard InChI is InChI=1S/C16H13N5O2/c1-19-13(11-7-3-2-4-8-11)14(22)21(16(19)23)15-18-17-12-9-5-6-10-20(12)15/h2-10,13H,1H3/t13-/m0/s1. The topological polar surface area (TPSA) is 70.8 Å². The molecule has 3 aromatic rings. The van der Waals surface area contributed by atoms with Crippen LogP contribution < -0.4 is 4.90 Å². The van der Waals surface area contributed by atoms with Gasteiger partial charge in [-0.05, 0) is 17.7 Å². The molecule has 1 aliphatic heterocycles. The van der Waals surface area contributed by atoms with E-state index in [1.165, 1.54) is 4.90 Å². The molecule has 1 aromatic carbocycles. The number of amides is 3. The third-order valence-corrected chi connectivity index (χ3v) is 3.95. The zero-order chi connectivity index (χ0) is 16.0. The van der Waals surface area contributed by atoms with Crippen molar-refractivity contribution in [2.45, 2.75) is 6.04 Å². The molecule has 1 fully saturated rings. The van der Waals surface area contributed by atoms with E-state index in [4.69, 9.17) is 0 Å². The highest BCUT2D eigenvalue weighted by Gasteiger charge is 2.46. The molecule has 0 radical (unpaired) electrons. The van der Waals surface area contributed by atoms with Gasteiger partial charge in [-0.3, -0.25) is 9.20 Å². The Morgan fingerprint density at radius 2 is 1.70 bits per heavy atom. The highest BCUT2D eigenvalue weighted by Crippen LogP contribution is 2.32. The molecule has 114 valence electrons. The maximum Gasteiger partial charge on any atom is 0.334 e. The van der Waals surface area contributed by atoms with Crippen LogP contribution in [-0.4, -0.2) is 38.5 Å². The third-order valence-electron chi connectivity index (χ3n) is 3.95. The van der Waals surface area contributed by atoms with E-state index in [-0.39, 0.29) is 11.9 Å². The fraction of sp³-hybridized carbons (Fsp3) is 0.125. The van der Waals surface area contributed by atoms with Crippen molar-refractivity contribution in [3.63, 3.8) is 0 Å². The lowest BCUT2D eigenvalue weighted by Crippen LogP contribution is -2.33. The van der Waals surface area contributed by atoms with Gasteiger partial charge in [0, 0.05) is 13.2 Å². The van der Waals surface area contributed by atoms with Crippen LogP contribution in [0.1, 0.15) is 11.6 Å². The number of fused-ring (bicyclic) bond motifs is 1. The highest BCUT2D eigenvalue weighted by molar-refractivity contribution is 6.20. The van der Waals surface area contributed by atoms with Crippen molar-refractivity contribution in [1.29, 1.82) is 0 Å². The highest BCUT2D eigenvalue weighted by atomic mass is 16.2. The molecule has 3 amide bonds. The van der Waals surface area contributed by atoms with Crippen LogP contribution in [0.2, 0.25) is 0 Å². The maximum absolute atomic E-state index is 12.9. The number of benzene rings is 1. The number of hydrogen-bond acceptors (Lipinski definition) is 4. The normalized spacial score (nSPS) is 18.2. The minimum Gasteiger partial charge on any atom is -0.311 e. The molecule has 23 heavy (non-hydrogen) atoms. The van der Waals surface area contributed by atoms with Crippen LogP contribution in [0.5, 0.6) is 0 Å². The number of likely N-dealkylation sites (N-methyl/N-ethyl adjacent to an activating group) is 1. The Balaban J connectivity index is 1.81. The molecule has 0 N–H and O–H groups in total. The van der Waals surface area contributed by atoms with Crippen molar-refractivity contribution in [2.75, 3.05) is 11.9 Å². The summed E-state index contributed by atoms with van der Waals surface area (Å²) in [6.07, 6.45) is 1.72. The Kier molecular flexibility index (Phi) is 2.87. The van der Waals surface area contributed by atoms with Crippen LogP contribution in [0.4, 0.5) is 10.7 Å². The van der Waals surface area contributed by atoms with Gasteiger partial charge in [-0.25, -0.2) is 4.79 Å². The fourth-order valence-electron chi connectivity index (χ4n) is 2.82. The summed E-state index contributed by atoms with van der Waals surface area (Å²) in [5.74, 6) is -0.122. The summed E-state index contributed by atoms with van der Waals surface area (Å²) < 4.78 is 1.62. The van der Waals surface area contributed by atoms with Gasteiger partial charge in [-0.15, -0.1) is 10.2 Å². The monoisotopic (exact) mass is 307 g/mol. The largest absolute Gasteiger partial charge is 0.334 e. The second-order valence-electron chi connectivity index (χ2n) is 5.31. The fourth-order valence-corrected chi connectivity index (χ4v) is 2.82. The van der Waals surface area contributed by atoms with Crippen molar-refractivity contribution in [3.8, 4) is 0 Å². The molecule has 7 heteroatoms. The van der Waals surface area contributed by atoms with Gasteiger partial charge in [0.25, 0.3) is 5.91 Å². The van der Waals surface area contributed by atoms with Crippen LogP contribution >= 0.6 is 0 Å². The molecular formula is C16H13N5O2. The molecular weight excluding hydrogens is 294 g/mol. The van der Waals surface area contributed by atoms with Gasteiger partial charge >= 0.3 is 6.03 Å². The van der Waals surface area contributed by atoms with Crippen molar-refractivity contribution < 1.29 is 9.59 Å². The Bertz CT molecular complexity index is 905. The summed E-state index contributed by atoms with van der Waals surface area (Å²) in [5, 5.41) is 8.01. The molecule has 0 unspecified atom stereocenters. The lowest BCUT2D eigenvalue weighted by atomic mass is 10.1. The summed E-state index contributed by atoms with van der Waals surface area (Å²) in [7, 11) is 1.61. The number of anilines is 1. The van der Waals surface area contributed by atoms with Crippen molar-refractivity contribution in [1.82, 2.24) is 19.5 Å². The Labute approximate surface area is 131 Å². The van der Waals surface area contributed by atoms with Crippen molar-refractivity contribution in [2.24, 2.45) is 0 Å². The molecule has 0 spiro atoms. The lowest BCUT2D eigenvalue weighted by molar-refractivity contribution is -0.119. The predicted octanol–water partition coefficient (Wildman–Crippen LogP) is 1.87. The zero-order valence-electron chi connectivity index (χ0n) is 12.3. The first-order chi connectivity index (χ1) is 11.2. The van der Waals surface area contributed by atoms with Gasteiger partial charge in [0.05, 0.1) is 0 Å². The van der Waals surface area contributed by atoms with Crippen molar-refractivity contribution >= 4 is 23.5 Å². The maximum atomic E-state index is 12.9. The lowest BCUT2D eigenvalue weighted by Gasteiger charge is -2.15. The summed E-state index contributed by atoms with van der Waals surface area (Å²) in [4.78, 5) is 27.9. The number of carbonyl (C=O) groups excluding carboxylic acids is 2. The van der Waals surface area contributed by atoms with E-state index in [1.54, 1.807) is 29.8 Å². The Morgan fingerprint density at radius 1 is 0.957 bits per heavy atom. The van der Waals surface area contributed by atoms with Crippen LogP contribution in [0.15, 0.2) is 54.7 Å². The molecule has 0 aliphatic carbocycles. The van der Waals surface area contributed by atoms with E-state index < -0.39 is 12.1 Å². The van der Waals surface area contributed by atoms with Crippen molar-refractivity contribution in [3.05, 3.63) is 60.3 Å². The third kappa shape index (κ3) is 1.90. The summed E-state index contributed by atoms with van der Waals surface area (Å²) >= 11 is 0. The van der Waals surface area contributed by atoms with Crippen LogP contribution in [0.3, 0.4) is 0 Å². The van der Waals surface area contributed by atoms with Gasteiger partial charge in [0.1, 0.15) is 6.04 Å². The van der Waals surface area contributed by atoms with Crippen LogP contribution in [0.25, 0.3) is 5.65 Å². The van der Waals surface area contributed by atoms with Gasteiger partial charge in [-0.1, -0.05) is 36.4 Å². The first-order valence-electron chi connectivity index (χ1n) is 7.14. The minimum atomic E-state index is -0.653. The summed E-state index contributed by atoms with van der Waals surface area (Å²) in [5.41, 5.74) is 1.35. The zero-order valence-corrected chi connectivity index (χ0v) is 12.3. The number of imide groups is 1. The number of pyridine rings is 1. The smallest absolute Gasteiger partial charge is 0.311 e. The first kappa shape index (κ1) is 13.4. The SMILES string of the molecule is CN1C(=O)N(c2nnc3ccccn23)C(=O)[C@@H]1c1ccccc1. The van der Waals surface area contributed by atoms with E-state index in [2.05, 4.69) is 10.2 Å². The molecule has 0 saturated carbocycles. The summed E-state index contributed by atoms with van der Waals surface area (Å²) in [6.45, 7) is 0. The molecule has 1 aliphatic rings. The van der Waals surface area contributed by atoms with Gasteiger partial charge < -0.3 is 4.90 Å². The number of aromatic nitrogens is 3. The average molecular weight is 307 g/mol. The molecule has 0 bridgehead atoms. The molecule has 1 atom stereocenters. The van der Waals surface area contributed by atoms with E-state index >= 15 is 0 Å². The molecule has 4 rings (SSSR count). The molecule has 3 heterocycles. The average Bonchev–Trinajstić information content (AvgIpc) is 3.08.